The fraction of sp³-hybridized carbons (Fsp3) is 0.208. The molecule has 0 unspecified atom stereocenters. The summed E-state index contributed by atoms with van der Waals surface area (Å²) < 4.78 is 27.1. The van der Waals surface area contributed by atoms with E-state index in [4.69, 9.17) is 0 Å². The van der Waals surface area contributed by atoms with Gasteiger partial charge in [-0.1, -0.05) is 42.5 Å². The minimum absolute atomic E-state index is 0.0345. The van der Waals surface area contributed by atoms with Crippen LogP contribution in [-0.2, 0) is 23.0 Å². The number of anilines is 1. The number of amides is 1. The van der Waals surface area contributed by atoms with Crippen molar-refractivity contribution in [2.75, 3.05) is 17.9 Å². The van der Waals surface area contributed by atoms with Crippen LogP contribution in [0, 0.1) is 6.92 Å². The van der Waals surface area contributed by atoms with Crippen molar-refractivity contribution >= 4 is 21.6 Å². The van der Waals surface area contributed by atoms with Crippen molar-refractivity contribution in [3.05, 3.63) is 95.1 Å². The van der Waals surface area contributed by atoms with E-state index in [0.29, 0.717) is 24.3 Å². The zero-order valence-electron chi connectivity index (χ0n) is 17.1. The molecule has 154 valence electrons. The molecule has 1 amide bonds. The zero-order valence-corrected chi connectivity index (χ0v) is 17.9. The molecular formula is C24H24N2O3S. The van der Waals surface area contributed by atoms with Crippen LogP contribution >= 0.6 is 0 Å². The molecule has 0 bridgehead atoms. The fourth-order valence-electron chi connectivity index (χ4n) is 3.87. The molecule has 0 aromatic heterocycles. The highest BCUT2D eigenvalue weighted by molar-refractivity contribution is 7.92. The SMILES string of the molecule is Cc1cc(C(=O)N2CCc3ccccc3C2)ccc1N(C)S(=O)(=O)c1ccccc1. The second-order valence-corrected chi connectivity index (χ2v) is 9.50. The zero-order chi connectivity index (χ0) is 21.3. The lowest BCUT2D eigenvalue weighted by molar-refractivity contribution is 0.0734. The number of nitrogens with zero attached hydrogens (tertiary/aromatic N) is 2. The maximum Gasteiger partial charge on any atom is 0.264 e. The van der Waals surface area contributed by atoms with Crippen LogP contribution in [0.2, 0.25) is 0 Å². The van der Waals surface area contributed by atoms with Gasteiger partial charge in [0.05, 0.1) is 10.6 Å². The highest BCUT2D eigenvalue weighted by Crippen LogP contribution is 2.27. The Morgan fingerprint density at radius 3 is 2.30 bits per heavy atom. The third kappa shape index (κ3) is 3.71. The number of hydrogen-bond acceptors (Lipinski definition) is 3. The van der Waals surface area contributed by atoms with E-state index in [9.17, 15) is 13.2 Å². The first-order chi connectivity index (χ1) is 14.4. The maximum absolute atomic E-state index is 13.1. The summed E-state index contributed by atoms with van der Waals surface area (Å²) in [6, 6.07) is 21.7. The molecule has 3 aromatic carbocycles. The molecule has 0 fully saturated rings. The topological polar surface area (TPSA) is 57.7 Å². The molecule has 1 aliphatic rings. The van der Waals surface area contributed by atoms with Gasteiger partial charge in [-0.25, -0.2) is 8.42 Å². The number of sulfonamides is 1. The van der Waals surface area contributed by atoms with Crippen LogP contribution in [0.5, 0.6) is 0 Å². The number of rotatable bonds is 4. The van der Waals surface area contributed by atoms with Gasteiger partial charge in [0, 0.05) is 25.7 Å². The lowest BCUT2D eigenvalue weighted by Gasteiger charge is -2.29. The Labute approximate surface area is 177 Å². The van der Waals surface area contributed by atoms with Crippen LogP contribution in [0.15, 0.2) is 77.7 Å². The largest absolute Gasteiger partial charge is 0.334 e. The van der Waals surface area contributed by atoms with Crippen molar-refractivity contribution in [2.24, 2.45) is 0 Å². The minimum atomic E-state index is -3.66. The van der Waals surface area contributed by atoms with E-state index < -0.39 is 10.0 Å². The monoisotopic (exact) mass is 420 g/mol. The van der Waals surface area contributed by atoms with E-state index in [-0.39, 0.29) is 10.8 Å². The molecule has 0 atom stereocenters. The Morgan fingerprint density at radius 2 is 1.60 bits per heavy atom. The smallest absolute Gasteiger partial charge is 0.264 e. The maximum atomic E-state index is 13.1. The number of fused-ring (bicyclic) bond motifs is 1. The summed E-state index contributed by atoms with van der Waals surface area (Å²) in [5.74, 6) is -0.0345. The van der Waals surface area contributed by atoms with E-state index in [1.54, 1.807) is 48.5 Å². The highest BCUT2D eigenvalue weighted by atomic mass is 32.2. The molecule has 0 aliphatic carbocycles. The third-order valence-electron chi connectivity index (χ3n) is 5.60. The molecule has 0 saturated heterocycles. The van der Waals surface area contributed by atoms with E-state index in [1.165, 1.54) is 22.5 Å². The van der Waals surface area contributed by atoms with Crippen LogP contribution in [-0.4, -0.2) is 32.8 Å². The van der Waals surface area contributed by atoms with Gasteiger partial charge in [0.25, 0.3) is 15.9 Å². The molecule has 0 radical (unpaired) electrons. The third-order valence-corrected chi connectivity index (χ3v) is 7.39. The van der Waals surface area contributed by atoms with E-state index in [0.717, 1.165) is 12.0 Å². The molecule has 0 spiro atoms. The predicted octanol–water partition coefficient (Wildman–Crippen LogP) is 4.02. The molecule has 0 saturated carbocycles. The summed E-state index contributed by atoms with van der Waals surface area (Å²) in [7, 11) is -2.13. The Balaban J connectivity index is 1.57. The molecule has 1 heterocycles. The first-order valence-corrected chi connectivity index (χ1v) is 11.3. The average Bonchev–Trinajstić information content (AvgIpc) is 2.78. The van der Waals surface area contributed by atoms with Crippen molar-refractivity contribution in [2.45, 2.75) is 24.8 Å². The van der Waals surface area contributed by atoms with Gasteiger partial charge in [-0.05, 0) is 60.4 Å². The summed E-state index contributed by atoms with van der Waals surface area (Å²) in [6.45, 7) is 3.10. The van der Waals surface area contributed by atoms with Crippen LogP contribution in [0.4, 0.5) is 5.69 Å². The Kier molecular flexibility index (Phi) is 5.35. The molecule has 1 aliphatic heterocycles. The van der Waals surface area contributed by atoms with Crippen LogP contribution < -0.4 is 4.31 Å². The summed E-state index contributed by atoms with van der Waals surface area (Å²) in [4.78, 5) is 15.1. The van der Waals surface area contributed by atoms with E-state index in [2.05, 4.69) is 12.1 Å². The van der Waals surface area contributed by atoms with E-state index >= 15 is 0 Å². The lowest BCUT2D eigenvalue weighted by Crippen LogP contribution is -2.36. The minimum Gasteiger partial charge on any atom is -0.334 e. The van der Waals surface area contributed by atoms with Crippen molar-refractivity contribution in [1.29, 1.82) is 0 Å². The average molecular weight is 421 g/mol. The van der Waals surface area contributed by atoms with Gasteiger partial charge in [-0.3, -0.25) is 9.10 Å². The predicted molar refractivity (Wildman–Crippen MR) is 118 cm³/mol. The summed E-state index contributed by atoms with van der Waals surface area (Å²) >= 11 is 0. The van der Waals surface area contributed by atoms with Crippen molar-refractivity contribution in [3.63, 3.8) is 0 Å². The normalized spacial score (nSPS) is 13.6. The first-order valence-electron chi connectivity index (χ1n) is 9.88. The van der Waals surface area contributed by atoms with Crippen LogP contribution in [0.25, 0.3) is 0 Å². The number of aryl methyl sites for hydroxylation is 1. The van der Waals surface area contributed by atoms with Gasteiger partial charge < -0.3 is 4.90 Å². The lowest BCUT2D eigenvalue weighted by atomic mass is 9.99. The quantitative estimate of drug-likeness (QED) is 0.641. The molecule has 6 heteroatoms. The second-order valence-electron chi connectivity index (χ2n) is 7.53. The van der Waals surface area contributed by atoms with Gasteiger partial charge >= 0.3 is 0 Å². The molecule has 0 N–H and O–H groups in total. The fourth-order valence-corrected chi connectivity index (χ4v) is 5.15. The molecule has 5 nitrogen and oxygen atoms in total. The van der Waals surface area contributed by atoms with Gasteiger partial charge in [0.2, 0.25) is 0 Å². The van der Waals surface area contributed by atoms with Gasteiger partial charge in [-0.2, -0.15) is 0 Å². The number of carbonyl (C=O) groups excluding carboxylic acids is 1. The van der Waals surface area contributed by atoms with Gasteiger partial charge in [0.1, 0.15) is 0 Å². The Morgan fingerprint density at radius 1 is 0.933 bits per heavy atom. The molecule has 4 rings (SSSR count). The molecule has 30 heavy (non-hydrogen) atoms. The molecule has 3 aromatic rings. The Bertz CT molecular complexity index is 1190. The summed E-state index contributed by atoms with van der Waals surface area (Å²) in [5, 5.41) is 0. The van der Waals surface area contributed by atoms with Crippen molar-refractivity contribution < 1.29 is 13.2 Å². The standard InChI is InChI=1S/C24H24N2O3S/c1-18-16-20(24(27)26-15-14-19-8-6-7-9-21(19)17-26)12-13-23(18)25(2)30(28,29)22-10-4-3-5-11-22/h3-13,16H,14-15,17H2,1-2H3. The van der Waals surface area contributed by atoms with Crippen LogP contribution in [0.3, 0.4) is 0 Å². The number of carbonyl (C=O) groups is 1. The van der Waals surface area contributed by atoms with Gasteiger partial charge in [0.15, 0.2) is 0 Å². The number of hydrogen-bond donors (Lipinski definition) is 0. The summed E-state index contributed by atoms with van der Waals surface area (Å²) in [6.07, 6.45) is 0.844. The number of benzene rings is 3. The Hall–Kier alpha value is -3.12. The van der Waals surface area contributed by atoms with E-state index in [1.807, 2.05) is 24.0 Å². The summed E-state index contributed by atoms with van der Waals surface area (Å²) in [5.41, 5.74) is 4.33. The van der Waals surface area contributed by atoms with Gasteiger partial charge in [-0.15, -0.1) is 0 Å². The van der Waals surface area contributed by atoms with Crippen LogP contribution in [0.1, 0.15) is 27.0 Å². The second kappa shape index (κ2) is 7.95. The van der Waals surface area contributed by atoms with Crippen molar-refractivity contribution in [3.8, 4) is 0 Å². The van der Waals surface area contributed by atoms with Crippen molar-refractivity contribution in [1.82, 2.24) is 4.90 Å². The highest BCUT2D eigenvalue weighted by Gasteiger charge is 2.25. The molecular weight excluding hydrogens is 396 g/mol. The first kappa shape index (κ1) is 20.2.